The third kappa shape index (κ3) is 4.88. The lowest BCUT2D eigenvalue weighted by Gasteiger charge is -2.27. The van der Waals surface area contributed by atoms with E-state index in [4.69, 9.17) is 0 Å². The average Bonchev–Trinajstić information content (AvgIpc) is 3.07. The molecular weight excluding hydrogens is 338 g/mol. The molecule has 1 aliphatic rings. The third-order valence-electron chi connectivity index (χ3n) is 4.62. The molecule has 0 unspecified atom stereocenters. The van der Waals surface area contributed by atoms with Gasteiger partial charge in [-0.1, -0.05) is 51.1 Å². The quantitative estimate of drug-likeness (QED) is 0.837. The van der Waals surface area contributed by atoms with Crippen LogP contribution in [0.15, 0.2) is 54.6 Å². The van der Waals surface area contributed by atoms with Gasteiger partial charge in [0.25, 0.3) is 5.91 Å². The topological polar surface area (TPSA) is 61.4 Å². The summed E-state index contributed by atoms with van der Waals surface area (Å²) in [5, 5.41) is 5.95. The molecule has 0 spiro atoms. The van der Waals surface area contributed by atoms with E-state index in [0.717, 1.165) is 17.7 Å². The Morgan fingerprint density at radius 2 is 1.78 bits per heavy atom. The van der Waals surface area contributed by atoms with Crippen molar-refractivity contribution < 1.29 is 9.59 Å². The number of carbonyl (C=O) groups excluding carboxylic acids is 2. The van der Waals surface area contributed by atoms with Crippen LogP contribution in [0.2, 0.25) is 0 Å². The maximum absolute atomic E-state index is 12.8. The average molecular weight is 365 g/mol. The van der Waals surface area contributed by atoms with Gasteiger partial charge in [0, 0.05) is 24.3 Å². The van der Waals surface area contributed by atoms with Gasteiger partial charge in [0.1, 0.15) is 0 Å². The van der Waals surface area contributed by atoms with Crippen molar-refractivity contribution in [3.8, 4) is 0 Å². The second-order valence-electron chi connectivity index (χ2n) is 8.13. The van der Waals surface area contributed by atoms with Gasteiger partial charge >= 0.3 is 6.03 Å². The van der Waals surface area contributed by atoms with E-state index in [9.17, 15) is 9.59 Å². The van der Waals surface area contributed by atoms with Crippen LogP contribution in [0.3, 0.4) is 0 Å². The molecule has 1 fully saturated rings. The minimum Gasteiger partial charge on any atom is -0.345 e. The Kier molecular flexibility index (Phi) is 5.49. The largest absolute Gasteiger partial charge is 0.345 e. The molecule has 3 amide bonds. The summed E-state index contributed by atoms with van der Waals surface area (Å²) in [5.41, 5.74) is 2.58. The summed E-state index contributed by atoms with van der Waals surface area (Å²) in [7, 11) is 0. The molecule has 2 aromatic carbocycles. The number of hydrogen-bond acceptors (Lipinski definition) is 2. The predicted octanol–water partition coefficient (Wildman–Crippen LogP) is 4.12. The van der Waals surface area contributed by atoms with E-state index in [1.54, 1.807) is 17.0 Å². The standard InChI is InChI=1S/C22H27N3O2/c1-22(2,3)15-19(16-7-5-4-6-8-16)24-20(26)17-9-11-18(12-10-17)25-14-13-23-21(25)27/h4-12,19H,13-15H2,1-3H3,(H,23,27)(H,24,26)/t19-/m0/s1. The number of carbonyl (C=O) groups is 2. The van der Waals surface area contributed by atoms with Crippen molar-refractivity contribution in [1.29, 1.82) is 0 Å². The van der Waals surface area contributed by atoms with Gasteiger partial charge in [-0.05, 0) is 41.7 Å². The van der Waals surface area contributed by atoms with Crippen molar-refractivity contribution in [3.63, 3.8) is 0 Å². The van der Waals surface area contributed by atoms with E-state index in [-0.39, 0.29) is 23.4 Å². The van der Waals surface area contributed by atoms with E-state index in [1.165, 1.54) is 0 Å². The number of amides is 3. The van der Waals surface area contributed by atoms with Gasteiger partial charge in [-0.25, -0.2) is 4.79 Å². The molecule has 1 atom stereocenters. The number of rotatable bonds is 5. The number of nitrogens with one attached hydrogen (secondary N) is 2. The maximum atomic E-state index is 12.8. The molecule has 1 saturated heterocycles. The zero-order valence-corrected chi connectivity index (χ0v) is 16.2. The van der Waals surface area contributed by atoms with E-state index < -0.39 is 0 Å². The highest BCUT2D eigenvalue weighted by Crippen LogP contribution is 2.29. The number of nitrogens with zero attached hydrogens (tertiary/aromatic N) is 1. The zero-order chi connectivity index (χ0) is 19.4. The number of anilines is 1. The van der Waals surface area contributed by atoms with Crippen LogP contribution >= 0.6 is 0 Å². The first-order chi connectivity index (χ1) is 12.8. The Morgan fingerprint density at radius 1 is 1.11 bits per heavy atom. The molecule has 5 heteroatoms. The summed E-state index contributed by atoms with van der Waals surface area (Å²) in [6, 6.07) is 17.1. The molecule has 0 radical (unpaired) electrons. The van der Waals surface area contributed by atoms with Gasteiger partial charge < -0.3 is 10.6 Å². The third-order valence-corrected chi connectivity index (χ3v) is 4.62. The van der Waals surface area contributed by atoms with Crippen LogP contribution in [0, 0.1) is 5.41 Å². The van der Waals surface area contributed by atoms with Crippen LogP contribution in [0.1, 0.15) is 49.2 Å². The van der Waals surface area contributed by atoms with Crippen LogP contribution in [0.25, 0.3) is 0 Å². The van der Waals surface area contributed by atoms with Crippen molar-refractivity contribution in [2.45, 2.75) is 33.2 Å². The second kappa shape index (κ2) is 7.82. The summed E-state index contributed by atoms with van der Waals surface area (Å²) in [4.78, 5) is 26.2. The SMILES string of the molecule is CC(C)(C)C[C@H](NC(=O)c1ccc(N2CCNC2=O)cc1)c1ccccc1. The molecule has 0 bridgehead atoms. The van der Waals surface area contributed by atoms with Crippen molar-refractivity contribution in [2.24, 2.45) is 5.41 Å². The zero-order valence-electron chi connectivity index (χ0n) is 16.2. The van der Waals surface area contributed by atoms with Crippen LogP contribution < -0.4 is 15.5 Å². The Balaban J connectivity index is 1.74. The van der Waals surface area contributed by atoms with E-state index in [0.29, 0.717) is 18.7 Å². The minimum atomic E-state index is -0.106. The normalized spacial score (nSPS) is 15.4. The van der Waals surface area contributed by atoms with E-state index >= 15 is 0 Å². The second-order valence-corrected chi connectivity index (χ2v) is 8.13. The predicted molar refractivity (Wildman–Crippen MR) is 108 cm³/mol. The number of urea groups is 1. The summed E-state index contributed by atoms with van der Waals surface area (Å²) in [6.07, 6.45) is 0.842. The van der Waals surface area contributed by atoms with Crippen LogP contribution in [0.5, 0.6) is 0 Å². The van der Waals surface area contributed by atoms with Crippen LogP contribution in [-0.2, 0) is 0 Å². The first-order valence-electron chi connectivity index (χ1n) is 9.35. The van der Waals surface area contributed by atoms with E-state index in [1.807, 2.05) is 42.5 Å². The van der Waals surface area contributed by atoms with Gasteiger partial charge in [0.2, 0.25) is 0 Å². The van der Waals surface area contributed by atoms with E-state index in [2.05, 4.69) is 31.4 Å². The minimum absolute atomic E-state index is 0.0530. The molecule has 142 valence electrons. The Morgan fingerprint density at radius 3 is 2.33 bits per heavy atom. The fraction of sp³-hybridized carbons (Fsp3) is 0.364. The number of hydrogen-bond donors (Lipinski definition) is 2. The molecule has 0 aromatic heterocycles. The Bertz CT molecular complexity index is 795. The fourth-order valence-electron chi connectivity index (χ4n) is 3.30. The molecule has 27 heavy (non-hydrogen) atoms. The molecule has 1 aliphatic heterocycles. The summed E-state index contributed by atoms with van der Waals surface area (Å²) in [6.45, 7) is 7.81. The molecular formula is C22H27N3O2. The van der Waals surface area contributed by atoms with Gasteiger partial charge in [-0.2, -0.15) is 0 Å². The number of benzene rings is 2. The van der Waals surface area contributed by atoms with Gasteiger partial charge in [0.05, 0.1) is 6.04 Å². The molecule has 0 aliphatic carbocycles. The van der Waals surface area contributed by atoms with Crippen molar-refractivity contribution in [1.82, 2.24) is 10.6 Å². The maximum Gasteiger partial charge on any atom is 0.321 e. The first kappa shape index (κ1) is 19.0. The molecule has 3 rings (SSSR count). The summed E-state index contributed by atoms with van der Waals surface area (Å²) in [5.74, 6) is -0.106. The Hall–Kier alpha value is -2.82. The molecule has 5 nitrogen and oxygen atoms in total. The molecule has 0 saturated carbocycles. The Labute approximate surface area is 160 Å². The van der Waals surface area contributed by atoms with Crippen molar-refractivity contribution >= 4 is 17.6 Å². The highest BCUT2D eigenvalue weighted by Gasteiger charge is 2.23. The van der Waals surface area contributed by atoms with Crippen LogP contribution in [0.4, 0.5) is 10.5 Å². The van der Waals surface area contributed by atoms with Crippen LogP contribution in [-0.4, -0.2) is 25.0 Å². The lowest BCUT2D eigenvalue weighted by molar-refractivity contribution is 0.0926. The first-order valence-corrected chi connectivity index (χ1v) is 9.35. The molecule has 2 aromatic rings. The molecule has 2 N–H and O–H groups in total. The monoisotopic (exact) mass is 365 g/mol. The van der Waals surface area contributed by atoms with Crippen molar-refractivity contribution in [3.05, 3.63) is 65.7 Å². The lowest BCUT2D eigenvalue weighted by Crippen LogP contribution is -2.31. The molecule has 1 heterocycles. The highest BCUT2D eigenvalue weighted by molar-refractivity contribution is 5.97. The fourth-order valence-corrected chi connectivity index (χ4v) is 3.30. The van der Waals surface area contributed by atoms with Gasteiger partial charge in [-0.3, -0.25) is 9.69 Å². The van der Waals surface area contributed by atoms with Gasteiger partial charge in [0.15, 0.2) is 0 Å². The highest BCUT2D eigenvalue weighted by atomic mass is 16.2. The lowest BCUT2D eigenvalue weighted by atomic mass is 9.85. The van der Waals surface area contributed by atoms with Gasteiger partial charge in [-0.15, -0.1) is 0 Å². The van der Waals surface area contributed by atoms with Crippen molar-refractivity contribution in [2.75, 3.05) is 18.0 Å². The summed E-state index contributed by atoms with van der Waals surface area (Å²) >= 11 is 0. The summed E-state index contributed by atoms with van der Waals surface area (Å²) < 4.78 is 0. The smallest absolute Gasteiger partial charge is 0.321 e.